The van der Waals surface area contributed by atoms with Crippen molar-refractivity contribution < 1.29 is 18.5 Å². The van der Waals surface area contributed by atoms with E-state index in [1.165, 1.54) is 6.07 Å². The third-order valence-corrected chi connectivity index (χ3v) is 6.44. The van der Waals surface area contributed by atoms with E-state index in [9.17, 15) is 14.0 Å². The van der Waals surface area contributed by atoms with Crippen molar-refractivity contribution in [3.8, 4) is 11.4 Å². The molecule has 0 atom stereocenters. The number of nitrogens with one attached hydrogen (secondary N) is 1. The van der Waals surface area contributed by atoms with Gasteiger partial charge in [-0.1, -0.05) is 5.16 Å². The third-order valence-electron chi connectivity index (χ3n) is 5.50. The van der Waals surface area contributed by atoms with Crippen LogP contribution < -0.4 is 5.32 Å². The molecule has 0 spiro atoms. The van der Waals surface area contributed by atoms with Gasteiger partial charge in [-0.3, -0.25) is 9.59 Å². The van der Waals surface area contributed by atoms with E-state index in [1.54, 1.807) is 31.2 Å². The number of hydrogen-bond acceptors (Lipinski definition) is 6. The van der Waals surface area contributed by atoms with E-state index in [-0.39, 0.29) is 30.5 Å². The Hall–Kier alpha value is -3.20. The molecule has 9 heteroatoms. The molecule has 0 bridgehead atoms. The summed E-state index contributed by atoms with van der Waals surface area (Å²) < 4.78 is 18.7. The molecule has 33 heavy (non-hydrogen) atoms. The number of anilines is 1. The molecule has 3 aromatic rings. The van der Waals surface area contributed by atoms with E-state index in [2.05, 4.69) is 15.5 Å². The van der Waals surface area contributed by atoms with Crippen LogP contribution in [0.25, 0.3) is 11.4 Å². The van der Waals surface area contributed by atoms with Crippen molar-refractivity contribution in [3.05, 3.63) is 64.8 Å². The van der Waals surface area contributed by atoms with Crippen LogP contribution in [-0.2, 0) is 11.2 Å². The summed E-state index contributed by atoms with van der Waals surface area (Å²) in [5, 5.41) is 6.80. The van der Waals surface area contributed by atoms with E-state index < -0.39 is 0 Å². The Bertz CT molecular complexity index is 1170. The van der Waals surface area contributed by atoms with Crippen molar-refractivity contribution in [2.75, 3.05) is 29.9 Å². The zero-order chi connectivity index (χ0) is 23.4. The molecule has 1 N–H and O–H groups in total. The first-order valence-electron chi connectivity index (χ1n) is 10.8. The normalized spacial score (nSPS) is 13.7. The van der Waals surface area contributed by atoms with Gasteiger partial charge in [0.15, 0.2) is 0 Å². The number of amides is 2. The molecule has 1 saturated heterocycles. The highest BCUT2D eigenvalue weighted by Crippen LogP contribution is 2.21. The van der Waals surface area contributed by atoms with E-state index in [1.807, 2.05) is 29.7 Å². The van der Waals surface area contributed by atoms with Crippen LogP contribution >= 0.6 is 11.8 Å². The highest BCUT2D eigenvalue weighted by Gasteiger charge is 2.19. The van der Waals surface area contributed by atoms with Gasteiger partial charge >= 0.3 is 0 Å². The maximum atomic E-state index is 13.5. The van der Waals surface area contributed by atoms with Gasteiger partial charge in [-0.25, -0.2) is 4.39 Å². The maximum Gasteiger partial charge on any atom is 0.253 e. The molecular weight excluding hydrogens is 443 g/mol. The molecule has 1 aromatic heterocycles. The van der Waals surface area contributed by atoms with Crippen LogP contribution in [0.2, 0.25) is 0 Å². The Morgan fingerprint density at radius 1 is 1.12 bits per heavy atom. The first-order chi connectivity index (χ1) is 15.9. The molecule has 1 aliphatic heterocycles. The lowest BCUT2D eigenvalue weighted by molar-refractivity contribution is -0.116. The second kappa shape index (κ2) is 10.2. The van der Waals surface area contributed by atoms with Crippen LogP contribution in [0.4, 0.5) is 10.1 Å². The van der Waals surface area contributed by atoms with Crippen LogP contribution in [0.5, 0.6) is 0 Å². The van der Waals surface area contributed by atoms with Crippen molar-refractivity contribution in [2.24, 2.45) is 0 Å². The van der Waals surface area contributed by atoms with Crippen molar-refractivity contribution in [2.45, 2.75) is 26.7 Å². The second-order valence-corrected chi connectivity index (χ2v) is 9.18. The van der Waals surface area contributed by atoms with Crippen LogP contribution in [0.1, 0.15) is 33.8 Å². The fraction of sp³-hybridized carbons (Fsp3) is 0.333. The predicted molar refractivity (Wildman–Crippen MR) is 126 cm³/mol. The number of carbonyl (C=O) groups is 2. The summed E-state index contributed by atoms with van der Waals surface area (Å²) in [6, 6.07) is 9.93. The van der Waals surface area contributed by atoms with Crippen LogP contribution in [0, 0.1) is 19.7 Å². The van der Waals surface area contributed by atoms with E-state index in [4.69, 9.17) is 4.52 Å². The lowest BCUT2D eigenvalue weighted by atomic mass is 10.1. The van der Waals surface area contributed by atoms with Gasteiger partial charge in [0.2, 0.25) is 17.6 Å². The van der Waals surface area contributed by atoms with Crippen LogP contribution in [0.15, 0.2) is 40.9 Å². The fourth-order valence-corrected chi connectivity index (χ4v) is 4.48. The number of benzene rings is 2. The van der Waals surface area contributed by atoms with Gasteiger partial charge in [0.1, 0.15) is 5.82 Å². The number of aryl methyl sites for hydroxylation is 3. The van der Waals surface area contributed by atoms with Gasteiger partial charge in [0.05, 0.1) is 0 Å². The molecule has 1 aliphatic rings. The molecule has 4 rings (SSSR count). The molecule has 2 amide bonds. The molecule has 2 aromatic carbocycles. The number of thioether (sulfide) groups is 1. The van der Waals surface area contributed by atoms with Gasteiger partial charge in [0, 0.05) is 54.3 Å². The average Bonchev–Trinajstić information content (AvgIpc) is 3.30. The Morgan fingerprint density at radius 2 is 1.91 bits per heavy atom. The maximum absolute atomic E-state index is 13.5. The number of rotatable bonds is 6. The summed E-state index contributed by atoms with van der Waals surface area (Å²) in [5.41, 5.74) is 3.27. The number of nitrogens with zero attached hydrogens (tertiary/aromatic N) is 3. The predicted octanol–water partition coefficient (Wildman–Crippen LogP) is 4.25. The summed E-state index contributed by atoms with van der Waals surface area (Å²) in [6.45, 7) is 5.06. The first kappa shape index (κ1) is 23.0. The molecule has 0 aliphatic carbocycles. The van der Waals surface area contributed by atoms with Crippen molar-refractivity contribution >= 4 is 29.3 Å². The Kier molecular flexibility index (Phi) is 7.08. The van der Waals surface area contributed by atoms with Gasteiger partial charge in [-0.15, -0.1) is 0 Å². The Balaban J connectivity index is 1.33. The smallest absolute Gasteiger partial charge is 0.253 e. The van der Waals surface area contributed by atoms with E-state index in [0.717, 1.165) is 30.2 Å². The van der Waals surface area contributed by atoms with Gasteiger partial charge in [0.25, 0.3) is 5.91 Å². The molecule has 1 fully saturated rings. The number of halogens is 1. The van der Waals surface area contributed by atoms with Gasteiger partial charge in [-0.2, -0.15) is 16.7 Å². The van der Waals surface area contributed by atoms with Crippen LogP contribution in [0.3, 0.4) is 0 Å². The zero-order valence-corrected chi connectivity index (χ0v) is 19.4. The van der Waals surface area contributed by atoms with Crippen molar-refractivity contribution in [1.29, 1.82) is 0 Å². The monoisotopic (exact) mass is 468 g/mol. The largest absolute Gasteiger partial charge is 0.339 e. The number of aromatic nitrogens is 2. The fourth-order valence-electron chi connectivity index (χ4n) is 3.58. The standard InChI is InChI=1S/C24H25FN4O3S/c1-15-13-17(3-5-19(15)25)23-27-22(32-28-23)8-7-21(30)26-20-6-4-18(14-16(20)2)24(31)29-9-11-33-12-10-29/h3-6,13-14H,7-12H2,1-2H3,(H,26,30). The number of carbonyl (C=O) groups excluding carboxylic acids is 2. The van der Waals surface area contributed by atoms with E-state index >= 15 is 0 Å². The zero-order valence-electron chi connectivity index (χ0n) is 18.6. The molecule has 172 valence electrons. The minimum atomic E-state index is -0.294. The summed E-state index contributed by atoms with van der Waals surface area (Å²) in [4.78, 5) is 31.3. The first-order valence-corrected chi connectivity index (χ1v) is 11.9. The Morgan fingerprint density at radius 3 is 2.64 bits per heavy atom. The number of hydrogen-bond donors (Lipinski definition) is 1. The third kappa shape index (κ3) is 5.60. The lowest BCUT2D eigenvalue weighted by Crippen LogP contribution is -2.37. The highest BCUT2D eigenvalue weighted by atomic mass is 32.2. The minimum Gasteiger partial charge on any atom is -0.339 e. The molecule has 0 radical (unpaired) electrons. The summed E-state index contributed by atoms with van der Waals surface area (Å²) >= 11 is 1.86. The minimum absolute atomic E-state index is 0.0276. The summed E-state index contributed by atoms with van der Waals surface area (Å²) in [7, 11) is 0. The van der Waals surface area contributed by atoms with E-state index in [0.29, 0.717) is 34.1 Å². The molecule has 0 saturated carbocycles. The van der Waals surface area contributed by atoms with Crippen molar-refractivity contribution in [1.82, 2.24) is 15.0 Å². The molecule has 0 unspecified atom stereocenters. The molecular formula is C24H25FN4O3S. The summed E-state index contributed by atoms with van der Waals surface area (Å²) in [5.74, 6) is 2.16. The van der Waals surface area contributed by atoms with Crippen LogP contribution in [-0.4, -0.2) is 51.5 Å². The van der Waals surface area contributed by atoms with Gasteiger partial charge in [-0.05, 0) is 61.4 Å². The topological polar surface area (TPSA) is 88.3 Å². The summed E-state index contributed by atoms with van der Waals surface area (Å²) in [6.07, 6.45) is 0.442. The van der Waals surface area contributed by atoms with Crippen molar-refractivity contribution in [3.63, 3.8) is 0 Å². The molecule has 7 nitrogen and oxygen atoms in total. The quantitative estimate of drug-likeness (QED) is 0.582. The lowest BCUT2D eigenvalue weighted by Gasteiger charge is -2.26. The van der Waals surface area contributed by atoms with Gasteiger partial charge < -0.3 is 14.7 Å². The highest BCUT2D eigenvalue weighted by molar-refractivity contribution is 7.99. The SMILES string of the molecule is Cc1cc(-c2noc(CCC(=O)Nc3ccc(C(=O)N4CCSCC4)cc3C)n2)ccc1F. The second-order valence-electron chi connectivity index (χ2n) is 7.96. The Labute approximate surface area is 195 Å². The molecule has 2 heterocycles. The average molecular weight is 469 g/mol.